The minimum absolute atomic E-state index is 0.0170. The van der Waals surface area contributed by atoms with Crippen molar-refractivity contribution in [3.8, 4) is 11.3 Å². The SMILES string of the molecule is CC(=O)N1CSC[C@@H]1C(=O)NCC1(Cn2cc(-c3cccc(N)c3)nn2)CC1. The minimum Gasteiger partial charge on any atom is -0.399 e. The normalized spacial score (nSPS) is 20.2. The van der Waals surface area contributed by atoms with E-state index in [1.54, 1.807) is 16.7 Å². The average Bonchev–Trinajstić information content (AvgIpc) is 3.08. The van der Waals surface area contributed by atoms with E-state index in [4.69, 9.17) is 5.73 Å². The van der Waals surface area contributed by atoms with Gasteiger partial charge in [-0.15, -0.1) is 16.9 Å². The standard InChI is InChI=1S/C19H24N6O2S/c1-13(26)25-12-28-9-17(25)18(27)21-10-19(5-6-19)11-24-8-16(22-23-24)14-3-2-4-15(20)7-14/h2-4,7-8,17H,5-6,9-12,20H2,1H3,(H,21,27)/t17-/m1/s1. The van der Waals surface area contributed by atoms with Crippen LogP contribution in [-0.2, 0) is 16.1 Å². The summed E-state index contributed by atoms with van der Waals surface area (Å²) in [4.78, 5) is 25.8. The number of nitrogen functional groups attached to an aromatic ring is 1. The van der Waals surface area contributed by atoms with Crippen LogP contribution in [0.5, 0.6) is 0 Å². The molecule has 1 saturated carbocycles. The fourth-order valence-corrected chi connectivity index (χ4v) is 4.70. The number of thioether (sulfide) groups is 1. The van der Waals surface area contributed by atoms with Crippen molar-refractivity contribution >= 4 is 29.3 Å². The third-order valence-electron chi connectivity index (χ3n) is 5.40. The van der Waals surface area contributed by atoms with E-state index in [1.165, 1.54) is 6.92 Å². The molecule has 1 aliphatic carbocycles. The molecule has 4 rings (SSSR count). The Kier molecular flexibility index (Phi) is 5.01. The van der Waals surface area contributed by atoms with E-state index in [9.17, 15) is 9.59 Å². The third-order valence-corrected chi connectivity index (χ3v) is 6.41. The predicted molar refractivity (Wildman–Crippen MR) is 108 cm³/mol. The first kappa shape index (κ1) is 18.8. The molecule has 2 heterocycles. The summed E-state index contributed by atoms with van der Waals surface area (Å²) in [7, 11) is 0. The molecule has 1 atom stereocenters. The second-order valence-electron chi connectivity index (χ2n) is 7.65. The van der Waals surface area contributed by atoms with Gasteiger partial charge in [0.1, 0.15) is 11.7 Å². The Morgan fingerprint density at radius 2 is 2.21 bits per heavy atom. The van der Waals surface area contributed by atoms with Crippen molar-refractivity contribution in [1.82, 2.24) is 25.2 Å². The van der Waals surface area contributed by atoms with Crippen LogP contribution in [0.15, 0.2) is 30.5 Å². The van der Waals surface area contributed by atoms with Crippen molar-refractivity contribution in [2.45, 2.75) is 32.4 Å². The van der Waals surface area contributed by atoms with E-state index >= 15 is 0 Å². The fraction of sp³-hybridized carbons (Fsp3) is 0.474. The number of aromatic nitrogens is 3. The number of nitrogens with two attached hydrogens (primary N) is 1. The van der Waals surface area contributed by atoms with E-state index < -0.39 is 0 Å². The Balaban J connectivity index is 1.35. The zero-order valence-corrected chi connectivity index (χ0v) is 16.6. The zero-order valence-electron chi connectivity index (χ0n) is 15.8. The monoisotopic (exact) mass is 400 g/mol. The van der Waals surface area contributed by atoms with Gasteiger partial charge in [-0.3, -0.25) is 14.3 Å². The second-order valence-corrected chi connectivity index (χ2v) is 8.65. The molecule has 1 aromatic carbocycles. The van der Waals surface area contributed by atoms with Crippen LogP contribution in [0.3, 0.4) is 0 Å². The molecule has 0 spiro atoms. The Morgan fingerprint density at radius 1 is 1.39 bits per heavy atom. The van der Waals surface area contributed by atoms with Crippen molar-refractivity contribution in [1.29, 1.82) is 0 Å². The van der Waals surface area contributed by atoms with Crippen LogP contribution < -0.4 is 11.1 Å². The van der Waals surface area contributed by atoms with Crippen LogP contribution in [-0.4, -0.2) is 55.9 Å². The molecule has 3 N–H and O–H groups in total. The van der Waals surface area contributed by atoms with Crippen LogP contribution >= 0.6 is 11.8 Å². The molecule has 8 nitrogen and oxygen atoms in total. The summed E-state index contributed by atoms with van der Waals surface area (Å²) in [6.45, 7) is 2.81. The van der Waals surface area contributed by atoms with Crippen molar-refractivity contribution < 1.29 is 9.59 Å². The topological polar surface area (TPSA) is 106 Å². The summed E-state index contributed by atoms with van der Waals surface area (Å²) in [5.74, 6) is 1.13. The lowest BCUT2D eigenvalue weighted by Crippen LogP contribution is -2.48. The van der Waals surface area contributed by atoms with Gasteiger partial charge in [0.2, 0.25) is 11.8 Å². The molecule has 2 aliphatic rings. The number of rotatable bonds is 6. The van der Waals surface area contributed by atoms with Crippen LogP contribution in [0, 0.1) is 5.41 Å². The lowest BCUT2D eigenvalue weighted by molar-refractivity contribution is -0.136. The van der Waals surface area contributed by atoms with Crippen LogP contribution in [0.4, 0.5) is 5.69 Å². The number of anilines is 1. The lowest BCUT2D eigenvalue weighted by atomic mass is 10.1. The van der Waals surface area contributed by atoms with E-state index in [-0.39, 0.29) is 23.3 Å². The molecule has 9 heteroatoms. The van der Waals surface area contributed by atoms with Gasteiger partial charge in [0.25, 0.3) is 0 Å². The predicted octanol–water partition coefficient (Wildman–Crippen LogP) is 1.35. The highest BCUT2D eigenvalue weighted by atomic mass is 32.2. The molecular weight excluding hydrogens is 376 g/mol. The maximum absolute atomic E-state index is 12.5. The van der Waals surface area contributed by atoms with Gasteiger partial charge in [-0.25, -0.2) is 0 Å². The lowest BCUT2D eigenvalue weighted by Gasteiger charge is -2.23. The molecule has 28 heavy (non-hydrogen) atoms. The number of carbonyl (C=O) groups excluding carboxylic acids is 2. The summed E-state index contributed by atoms with van der Waals surface area (Å²) in [6, 6.07) is 7.21. The summed E-state index contributed by atoms with van der Waals surface area (Å²) >= 11 is 1.61. The largest absolute Gasteiger partial charge is 0.399 e. The first-order chi connectivity index (χ1) is 13.5. The summed E-state index contributed by atoms with van der Waals surface area (Å²) < 4.78 is 1.84. The number of hydrogen-bond acceptors (Lipinski definition) is 6. The number of nitrogens with zero attached hydrogens (tertiary/aromatic N) is 4. The van der Waals surface area contributed by atoms with Crippen molar-refractivity contribution in [3.05, 3.63) is 30.5 Å². The van der Waals surface area contributed by atoms with Crippen LogP contribution in [0.2, 0.25) is 0 Å². The summed E-state index contributed by atoms with van der Waals surface area (Å²) in [5, 5.41) is 11.5. The first-order valence-electron chi connectivity index (χ1n) is 9.35. The minimum atomic E-state index is -0.361. The number of carbonyl (C=O) groups is 2. The Labute approximate surface area is 167 Å². The van der Waals surface area contributed by atoms with Gasteiger partial charge in [0.15, 0.2) is 0 Å². The maximum atomic E-state index is 12.5. The number of hydrogen-bond donors (Lipinski definition) is 2. The van der Waals surface area contributed by atoms with Crippen molar-refractivity contribution in [3.63, 3.8) is 0 Å². The molecule has 1 aromatic heterocycles. The molecule has 148 valence electrons. The number of nitrogens with one attached hydrogen (secondary N) is 1. The zero-order chi connectivity index (χ0) is 19.7. The molecule has 2 fully saturated rings. The van der Waals surface area contributed by atoms with E-state index in [0.717, 1.165) is 24.1 Å². The molecule has 0 radical (unpaired) electrons. The quantitative estimate of drug-likeness (QED) is 0.709. The van der Waals surface area contributed by atoms with Gasteiger partial charge in [-0.1, -0.05) is 17.3 Å². The Morgan fingerprint density at radius 3 is 2.93 bits per heavy atom. The average molecular weight is 401 g/mol. The van der Waals surface area contributed by atoms with Crippen LogP contribution in [0.1, 0.15) is 19.8 Å². The van der Waals surface area contributed by atoms with E-state index in [1.807, 2.05) is 35.1 Å². The van der Waals surface area contributed by atoms with Gasteiger partial charge < -0.3 is 16.0 Å². The molecular formula is C19H24N6O2S. The van der Waals surface area contributed by atoms with Gasteiger partial charge in [0, 0.05) is 42.4 Å². The molecule has 0 bridgehead atoms. The summed E-state index contributed by atoms with van der Waals surface area (Å²) in [6.07, 6.45) is 3.99. The second kappa shape index (κ2) is 7.46. The Bertz CT molecular complexity index is 894. The van der Waals surface area contributed by atoms with E-state index in [2.05, 4.69) is 15.6 Å². The smallest absolute Gasteiger partial charge is 0.243 e. The molecule has 2 aromatic rings. The molecule has 1 saturated heterocycles. The highest BCUT2D eigenvalue weighted by Crippen LogP contribution is 2.46. The van der Waals surface area contributed by atoms with Crippen molar-refractivity contribution in [2.24, 2.45) is 5.41 Å². The fourth-order valence-electron chi connectivity index (χ4n) is 3.48. The highest BCUT2D eigenvalue weighted by Gasteiger charge is 2.44. The molecule has 2 amide bonds. The van der Waals surface area contributed by atoms with Gasteiger partial charge in [0.05, 0.1) is 12.1 Å². The number of amides is 2. The third kappa shape index (κ3) is 3.99. The van der Waals surface area contributed by atoms with Crippen LogP contribution in [0.25, 0.3) is 11.3 Å². The molecule has 0 unspecified atom stereocenters. The van der Waals surface area contributed by atoms with Crippen molar-refractivity contribution in [2.75, 3.05) is 23.9 Å². The maximum Gasteiger partial charge on any atom is 0.243 e. The summed E-state index contributed by atoms with van der Waals surface area (Å²) in [5.41, 5.74) is 8.27. The first-order valence-corrected chi connectivity index (χ1v) is 10.5. The van der Waals surface area contributed by atoms with E-state index in [0.29, 0.717) is 30.4 Å². The number of benzene rings is 1. The Hall–Kier alpha value is -2.55. The molecule has 1 aliphatic heterocycles. The van der Waals surface area contributed by atoms with Gasteiger partial charge >= 0.3 is 0 Å². The van der Waals surface area contributed by atoms with Gasteiger partial charge in [-0.05, 0) is 25.0 Å². The highest BCUT2D eigenvalue weighted by molar-refractivity contribution is 7.99. The van der Waals surface area contributed by atoms with Gasteiger partial charge in [-0.2, -0.15) is 0 Å².